The van der Waals surface area contributed by atoms with Gasteiger partial charge in [-0.15, -0.1) is 0 Å². The number of methoxy groups -OCH3 is 1. The third-order valence-electron chi connectivity index (χ3n) is 3.21. The van der Waals surface area contributed by atoms with Crippen molar-refractivity contribution >= 4 is 47.1 Å². The first kappa shape index (κ1) is 15.5. The summed E-state index contributed by atoms with van der Waals surface area (Å²) < 4.78 is 7.72. The molecule has 4 heteroatoms. The lowest BCUT2D eigenvalue weighted by atomic mass is 10.0. The maximum Gasteiger partial charge on any atom is 0.127 e. The molecular weight excluding hydrogens is 382 g/mol. The third-order valence-corrected chi connectivity index (χ3v) is 5.41. The van der Waals surface area contributed by atoms with Crippen LogP contribution in [-0.2, 0) is 0 Å². The lowest BCUT2D eigenvalue weighted by Gasteiger charge is -2.13. The Labute approximate surface area is 136 Å². The summed E-state index contributed by atoms with van der Waals surface area (Å²) in [5, 5.41) is 2.25. The van der Waals surface area contributed by atoms with E-state index in [1.165, 1.54) is 6.42 Å². The molecule has 1 aromatic carbocycles. The Bertz CT molecular complexity index is 637. The molecule has 0 saturated heterocycles. The van der Waals surface area contributed by atoms with Crippen molar-refractivity contribution in [1.82, 2.24) is 4.98 Å². The topological polar surface area (TPSA) is 22.1 Å². The number of pyridine rings is 1. The molecule has 0 fully saturated rings. The zero-order chi connectivity index (χ0) is 14.5. The van der Waals surface area contributed by atoms with Crippen LogP contribution in [0.3, 0.4) is 0 Å². The van der Waals surface area contributed by atoms with Crippen molar-refractivity contribution in [3.63, 3.8) is 0 Å². The van der Waals surface area contributed by atoms with Crippen molar-refractivity contribution < 1.29 is 4.74 Å². The molecule has 1 aromatic heterocycles. The molecule has 0 aliphatic heterocycles. The minimum Gasteiger partial charge on any atom is -0.496 e. The van der Waals surface area contributed by atoms with Gasteiger partial charge in [-0.05, 0) is 46.3 Å². The van der Waals surface area contributed by atoms with Gasteiger partial charge in [-0.2, -0.15) is 0 Å². The van der Waals surface area contributed by atoms with Crippen LogP contribution in [0.15, 0.2) is 35.1 Å². The molecule has 0 radical (unpaired) electrons. The Kier molecular flexibility index (Phi) is 5.61. The van der Waals surface area contributed by atoms with Crippen LogP contribution in [0.5, 0.6) is 5.75 Å². The van der Waals surface area contributed by atoms with Crippen molar-refractivity contribution in [2.75, 3.05) is 7.11 Å². The summed E-state index contributed by atoms with van der Waals surface area (Å²) in [6.07, 6.45) is 7.03. The molecular formula is C16H17Br2NO. The van der Waals surface area contributed by atoms with Crippen LogP contribution >= 0.6 is 31.9 Å². The Balaban J connectivity index is 2.61. The zero-order valence-corrected chi connectivity index (χ0v) is 14.8. The fourth-order valence-electron chi connectivity index (χ4n) is 2.11. The number of ether oxygens (including phenoxy) is 1. The van der Waals surface area contributed by atoms with E-state index in [0.29, 0.717) is 0 Å². The highest BCUT2D eigenvalue weighted by Crippen LogP contribution is 2.40. The smallest absolute Gasteiger partial charge is 0.127 e. The molecule has 0 aliphatic carbocycles. The van der Waals surface area contributed by atoms with Crippen molar-refractivity contribution in [2.45, 2.75) is 26.2 Å². The van der Waals surface area contributed by atoms with Crippen LogP contribution in [0.4, 0.5) is 0 Å². The zero-order valence-electron chi connectivity index (χ0n) is 11.6. The number of aromatic nitrogens is 1. The number of fused-ring (bicyclic) bond motifs is 1. The number of halogens is 2. The Hall–Kier alpha value is -0.870. The highest BCUT2D eigenvalue weighted by Gasteiger charge is 2.14. The molecule has 2 nitrogen and oxygen atoms in total. The van der Waals surface area contributed by atoms with Gasteiger partial charge in [-0.1, -0.05) is 35.3 Å². The second kappa shape index (κ2) is 7.23. The van der Waals surface area contributed by atoms with E-state index < -0.39 is 0 Å². The van der Waals surface area contributed by atoms with E-state index in [-0.39, 0.29) is 0 Å². The van der Waals surface area contributed by atoms with Gasteiger partial charge in [0, 0.05) is 32.3 Å². The van der Waals surface area contributed by atoms with Crippen LogP contribution in [0, 0.1) is 0 Å². The molecule has 0 N–H and O–H groups in total. The summed E-state index contributed by atoms with van der Waals surface area (Å²) in [6.45, 7) is 2.19. The van der Waals surface area contributed by atoms with E-state index in [0.717, 1.165) is 43.9 Å². The van der Waals surface area contributed by atoms with Gasteiger partial charge in [0.15, 0.2) is 0 Å². The predicted octanol–water partition coefficient (Wildman–Crippen LogP) is 5.89. The molecule has 0 atom stereocenters. The molecule has 0 amide bonds. The Morgan fingerprint density at radius 2 is 2.05 bits per heavy atom. The average Bonchev–Trinajstić information content (AvgIpc) is 2.50. The number of allylic oxidation sites excluding steroid dienone is 1. The van der Waals surface area contributed by atoms with E-state index in [2.05, 4.69) is 49.8 Å². The van der Waals surface area contributed by atoms with Gasteiger partial charge >= 0.3 is 0 Å². The standard InChI is InChI=1S/C16H17Br2NO/c1-3-4-5-13(17)16(18)15-12-10-19-9-8-11(12)6-7-14(15)20-2/h6-10H,3-5H2,1-2H3/b16-13+. The number of unbranched alkanes of at least 4 members (excludes halogenated alkanes) is 1. The number of hydrogen-bond acceptors (Lipinski definition) is 2. The lowest BCUT2D eigenvalue weighted by Crippen LogP contribution is -1.92. The molecule has 0 saturated carbocycles. The molecule has 2 rings (SSSR count). The monoisotopic (exact) mass is 397 g/mol. The first-order valence-corrected chi connectivity index (χ1v) is 8.22. The van der Waals surface area contributed by atoms with E-state index in [4.69, 9.17) is 4.74 Å². The fraction of sp³-hybridized carbons (Fsp3) is 0.312. The van der Waals surface area contributed by atoms with Crippen LogP contribution in [0.2, 0.25) is 0 Å². The summed E-state index contributed by atoms with van der Waals surface area (Å²) in [4.78, 5) is 4.24. The van der Waals surface area contributed by atoms with Gasteiger partial charge in [0.1, 0.15) is 5.75 Å². The molecule has 0 bridgehead atoms. The fourth-order valence-corrected chi connectivity index (χ4v) is 3.20. The quantitative estimate of drug-likeness (QED) is 0.626. The molecule has 2 aromatic rings. The van der Waals surface area contributed by atoms with Gasteiger partial charge in [0.25, 0.3) is 0 Å². The molecule has 106 valence electrons. The maximum atomic E-state index is 5.52. The van der Waals surface area contributed by atoms with Crippen molar-refractivity contribution in [1.29, 1.82) is 0 Å². The average molecular weight is 399 g/mol. The van der Waals surface area contributed by atoms with Crippen LogP contribution < -0.4 is 4.74 Å². The van der Waals surface area contributed by atoms with Gasteiger partial charge in [0.2, 0.25) is 0 Å². The van der Waals surface area contributed by atoms with Crippen LogP contribution in [0.1, 0.15) is 31.7 Å². The molecule has 0 spiro atoms. The highest BCUT2D eigenvalue weighted by molar-refractivity contribution is 9.16. The maximum absolute atomic E-state index is 5.52. The lowest BCUT2D eigenvalue weighted by molar-refractivity contribution is 0.414. The van der Waals surface area contributed by atoms with Crippen LogP contribution in [0.25, 0.3) is 15.3 Å². The normalized spacial score (nSPS) is 12.4. The number of rotatable bonds is 5. The van der Waals surface area contributed by atoms with E-state index in [1.54, 1.807) is 7.11 Å². The summed E-state index contributed by atoms with van der Waals surface area (Å²) in [6, 6.07) is 6.07. The van der Waals surface area contributed by atoms with Crippen molar-refractivity contribution in [3.05, 3.63) is 40.6 Å². The van der Waals surface area contributed by atoms with Gasteiger partial charge in [-0.25, -0.2) is 0 Å². The largest absolute Gasteiger partial charge is 0.496 e. The predicted molar refractivity (Wildman–Crippen MR) is 92.6 cm³/mol. The first-order valence-electron chi connectivity index (χ1n) is 6.64. The van der Waals surface area contributed by atoms with Crippen molar-refractivity contribution in [2.24, 2.45) is 0 Å². The number of nitrogens with zero attached hydrogens (tertiary/aromatic N) is 1. The molecule has 0 aliphatic rings. The molecule has 20 heavy (non-hydrogen) atoms. The number of hydrogen-bond donors (Lipinski definition) is 0. The Morgan fingerprint density at radius 3 is 2.75 bits per heavy atom. The summed E-state index contributed by atoms with van der Waals surface area (Å²) in [7, 11) is 1.70. The van der Waals surface area contributed by atoms with E-state index in [9.17, 15) is 0 Å². The number of benzene rings is 1. The SMILES string of the molecule is CCCC/C(Br)=C(\Br)c1c(OC)ccc2ccncc12. The Morgan fingerprint density at radius 1 is 1.25 bits per heavy atom. The highest BCUT2D eigenvalue weighted by atomic mass is 79.9. The second-order valence-corrected chi connectivity index (χ2v) is 6.31. The summed E-state index contributed by atoms with van der Waals surface area (Å²) >= 11 is 7.41. The van der Waals surface area contributed by atoms with Crippen LogP contribution in [-0.4, -0.2) is 12.1 Å². The minimum absolute atomic E-state index is 0.853. The first-order chi connectivity index (χ1) is 9.69. The van der Waals surface area contributed by atoms with Gasteiger partial charge in [-0.3, -0.25) is 4.98 Å². The summed E-state index contributed by atoms with van der Waals surface area (Å²) in [5.74, 6) is 0.853. The van der Waals surface area contributed by atoms with Crippen molar-refractivity contribution in [3.8, 4) is 5.75 Å². The van der Waals surface area contributed by atoms with Gasteiger partial charge < -0.3 is 4.74 Å². The minimum atomic E-state index is 0.853. The van der Waals surface area contributed by atoms with E-state index in [1.807, 2.05) is 24.5 Å². The van der Waals surface area contributed by atoms with Gasteiger partial charge in [0.05, 0.1) is 7.11 Å². The summed E-state index contributed by atoms with van der Waals surface area (Å²) in [5.41, 5.74) is 1.06. The molecule has 0 unspecified atom stereocenters. The third kappa shape index (κ3) is 3.23. The second-order valence-electron chi connectivity index (χ2n) is 4.56. The molecule has 1 heterocycles. The van der Waals surface area contributed by atoms with E-state index >= 15 is 0 Å².